The van der Waals surface area contributed by atoms with E-state index in [9.17, 15) is 4.79 Å². The van der Waals surface area contributed by atoms with Crippen molar-refractivity contribution in [3.8, 4) is 0 Å². The molecule has 0 saturated carbocycles. The van der Waals surface area contributed by atoms with E-state index in [1.54, 1.807) is 9.13 Å². The smallest absolute Gasteiger partial charge is 0.300 e. The van der Waals surface area contributed by atoms with Crippen molar-refractivity contribution in [1.82, 2.24) is 9.13 Å². The summed E-state index contributed by atoms with van der Waals surface area (Å²) in [6, 6.07) is 0. The van der Waals surface area contributed by atoms with Crippen LogP contribution in [-0.4, -0.2) is 9.13 Å². The standard InChI is InChI=1S/C10H16N2O/c1-4-11-7-8-12(10(11)13)6-5-9(2)3/h5,7-8H,4,6H2,1-3H3. The number of hydrogen-bond acceptors (Lipinski definition) is 1. The van der Waals surface area contributed by atoms with E-state index in [1.165, 1.54) is 5.57 Å². The molecule has 0 atom stereocenters. The molecule has 0 aliphatic carbocycles. The number of aromatic nitrogens is 2. The lowest BCUT2D eigenvalue weighted by molar-refractivity contribution is 0.673. The summed E-state index contributed by atoms with van der Waals surface area (Å²) in [6.07, 6.45) is 5.69. The van der Waals surface area contributed by atoms with Gasteiger partial charge in [0.2, 0.25) is 0 Å². The van der Waals surface area contributed by atoms with E-state index in [2.05, 4.69) is 0 Å². The van der Waals surface area contributed by atoms with Gasteiger partial charge in [0.05, 0.1) is 0 Å². The second-order valence-electron chi connectivity index (χ2n) is 3.30. The van der Waals surface area contributed by atoms with Gasteiger partial charge in [-0.1, -0.05) is 11.6 Å². The van der Waals surface area contributed by atoms with Crippen molar-refractivity contribution in [3.05, 3.63) is 34.5 Å². The van der Waals surface area contributed by atoms with Crippen molar-refractivity contribution in [1.29, 1.82) is 0 Å². The minimum absolute atomic E-state index is 0.0694. The van der Waals surface area contributed by atoms with Gasteiger partial charge in [-0.3, -0.25) is 9.13 Å². The largest absolute Gasteiger partial charge is 0.328 e. The molecule has 0 bridgehead atoms. The normalized spacial score (nSPS) is 10.1. The third-order valence-corrected chi connectivity index (χ3v) is 1.95. The summed E-state index contributed by atoms with van der Waals surface area (Å²) < 4.78 is 3.40. The Morgan fingerprint density at radius 2 is 2.00 bits per heavy atom. The van der Waals surface area contributed by atoms with Gasteiger partial charge in [0, 0.05) is 25.5 Å². The zero-order valence-corrected chi connectivity index (χ0v) is 8.45. The van der Waals surface area contributed by atoms with Gasteiger partial charge in [-0.15, -0.1) is 0 Å². The van der Waals surface area contributed by atoms with Crippen LogP contribution in [0.25, 0.3) is 0 Å². The molecule has 1 aromatic heterocycles. The Morgan fingerprint density at radius 3 is 2.46 bits per heavy atom. The van der Waals surface area contributed by atoms with Crippen LogP contribution >= 0.6 is 0 Å². The average molecular weight is 180 g/mol. The van der Waals surface area contributed by atoms with Crippen molar-refractivity contribution >= 4 is 0 Å². The van der Waals surface area contributed by atoms with Crippen LogP contribution in [0.1, 0.15) is 20.8 Å². The lowest BCUT2D eigenvalue weighted by Crippen LogP contribution is -2.22. The Balaban J connectivity index is 2.85. The zero-order chi connectivity index (χ0) is 9.84. The molecule has 0 unspecified atom stereocenters. The number of rotatable bonds is 3. The van der Waals surface area contributed by atoms with E-state index in [0.29, 0.717) is 6.54 Å². The molecule has 0 fully saturated rings. The zero-order valence-electron chi connectivity index (χ0n) is 8.45. The molecule has 13 heavy (non-hydrogen) atoms. The average Bonchev–Trinajstić information content (AvgIpc) is 2.43. The third kappa shape index (κ3) is 2.34. The maximum atomic E-state index is 11.5. The van der Waals surface area contributed by atoms with Crippen LogP contribution < -0.4 is 5.69 Å². The molecule has 0 aliphatic heterocycles. The number of allylic oxidation sites excluding steroid dienone is 2. The van der Waals surface area contributed by atoms with Crippen LogP contribution in [0.5, 0.6) is 0 Å². The van der Waals surface area contributed by atoms with E-state index in [0.717, 1.165) is 6.54 Å². The summed E-state index contributed by atoms with van der Waals surface area (Å²) in [6.45, 7) is 7.44. The summed E-state index contributed by atoms with van der Waals surface area (Å²) in [5.41, 5.74) is 1.30. The van der Waals surface area contributed by atoms with Gasteiger partial charge in [0.25, 0.3) is 0 Å². The molecule has 1 heterocycles. The molecular weight excluding hydrogens is 164 g/mol. The molecule has 0 saturated heterocycles. The predicted molar refractivity (Wildman–Crippen MR) is 53.8 cm³/mol. The molecule has 0 radical (unpaired) electrons. The second-order valence-corrected chi connectivity index (χ2v) is 3.30. The maximum absolute atomic E-state index is 11.5. The Hall–Kier alpha value is -1.25. The first-order valence-corrected chi connectivity index (χ1v) is 4.54. The molecule has 0 spiro atoms. The Labute approximate surface area is 78.3 Å². The van der Waals surface area contributed by atoms with Gasteiger partial charge in [-0.2, -0.15) is 0 Å². The van der Waals surface area contributed by atoms with Gasteiger partial charge >= 0.3 is 5.69 Å². The highest BCUT2D eigenvalue weighted by atomic mass is 16.1. The molecule has 0 aromatic carbocycles. The molecule has 3 nitrogen and oxygen atoms in total. The van der Waals surface area contributed by atoms with Gasteiger partial charge in [-0.05, 0) is 20.8 Å². The monoisotopic (exact) mass is 180 g/mol. The van der Waals surface area contributed by atoms with E-state index < -0.39 is 0 Å². The molecule has 0 N–H and O–H groups in total. The van der Waals surface area contributed by atoms with Crippen molar-refractivity contribution < 1.29 is 0 Å². The quantitative estimate of drug-likeness (QED) is 0.649. The minimum atomic E-state index is 0.0694. The molecular formula is C10H16N2O. The first kappa shape index (κ1) is 9.84. The number of nitrogens with zero attached hydrogens (tertiary/aromatic N) is 2. The SMILES string of the molecule is CCn1ccn(CC=C(C)C)c1=O. The van der Waals surface area contributed by atoms with Crippen LogP contribution in [0.2, 0.25) is 0 Å². The minimum Gasteiger partial charge on any atom is -0.300 e. The third-order valence-electron chi connectivity index (χ3n) is 1.95. The lowest BCUT2D eigenvalue weighted by Gasteiger charge is -1.96. The van der Waals surface area contributed by atoms with Crippen molar-refractivity contribution in [2.45, 2.75) is 33.9 Å². The summed E-state index contributed by atoms with van der Waals surface area (Å²) in [5.74, 6) is 0. The van der Waals surface area contributed by atoms with Gasteiger partial charge in [-0.25, -0.2) is 4.79 Å². The second kappa shape index (κ2) is 4.12. The summed E-state index contributed by atoms with van der Waals surface area (Å²) >= 11 is 0. The first-order chi connectivity index (χ1) is 6.15. The first-order valence-electron chi connectivity index (χ1n) is 4.54. The van der Waals surface area contributed by atoms with Crippen LogP contribution in [-0.2, 0) is 13.1 Å². The Bertz CT molecular complexity index is 353. The fourth-order valence-electron chi connectivity index (χ4n) is 1.11. The van der Waals surface area contributed by atoms with Crippen LogP contribution in [0.15, 0.2) is 28.8 Å². The fourth-order valence-corrected chi connectivity index (χ4v) is 1.11. The number of hydrogen-bond donors (Lipinski definition) is 0. The van der Waals surface area contributed by atoms with E-state index in [1.807, 2.05) is 39.2 Å². The molecule has 0 aliphatic rings. The van der Waals surface area contributed by atoms with Crippen molar-refractivity contribution in [2.24, 2.45) is 0 Å². The van der Waals surface area contributed by atoms with Gasteiger partial charge in [0.15, 0.2) is 0 Å². The highest BCUT2D eigenvalue weighted by molar-refractivity contribution is 4.94. The predicted octanol–water partition coefficient (Wildman–Crippen LogP) is 1.64. The topological polar surface area (TPSA) is 26.9 Å². The number of imidazole rings is 1. The molecule has 0 amide bonds. The van der Waals surface area contributed by atoms with Gasteiger partial charge < -0.3 is 0 Å². The summed E-state index contributed by atoms with van der Waals surface area (Å²) in [4.78, 5) is 11.5. The van der Waals surface area contributed by atoms with Crippen molar-refractivity contribution in [3.63, 3.8) is 0 Å². The Morgan fingerprint density at radius 1 is 1.38 bits per heavy atom. The molecule has 1 aromatic rings. The van der Waals surface area contributed by atoms with E-state index in [4.69, 9.17) is 0 Å². The van der Waals surface area contributed by atoms with Gasteiger partial charge in [0.1, 0.15) is 0 Å². The van der Waals surface area contributed by atoms with E-state index in [-0.39, 0.29) is 5.69 Å². The van der Waals surface area contributed by atoms with Crippen LogP contribution in [0.3, 0.4) is 0 Å². The highest BCUT2D eigenvalue weighted by Crippen LogP contribution is 1.91. The van der Waals surface area contributed by atoms with Crippen molar-refractivity contribution in [2.75, 3.05) is 0 Å². The summed E-state index contributed by atoms with van der Waals surface area (Å²) in [7, 11) is 0. The van der Waals surface area contributed by atoms with Crippen LogP contribution in [0.4, 0.5) is 0 Å². The number of aryl methyl sites for hydroxylation is 1. The fraction of sp³-hybridized carbons (Fsp3) is 0.500. The van der Waals surface area contributed by atoms with E-state index >= 15 is 0 Å². The molecule has 3 heteroatoms. The molecule has 72 valence electrons. The highest BCUT2D eigenvalue weighted by Gasteiger charge is 1.98. The Kier molecular flexibility index (Phi) is 3.12. The maximum Gasteiger partial charge on any atom is 0.328 e. The van der Waals surface area contributed by atoms with Crippen LogP contribution in [0, 0.1) is 0 Å². The lowest BCUT2D eigenvalue weighted by atomic mass is 10.3. The molecule has 1 rings (SSSR count). The summed E-state index contributed by atoms with van der Waals surface area (Å²) in [5, 5.41) is 0.